The number of rotatable bonds is 4. The monoisotopic (exact) mass is 352 g/mol. The summed E-state index contributed by atoms with van der Waals surface area (Å²) in [5.41, 5.74) is 1.86. The number of carbonyl (C=O) groups is 1. The molecule has 0 radical (unpaired) electrons. The molecule has 0 saturated heterocycles. The first-order chi connectivity index (χ1) is 12.2. The summed E-state index contributed by atoms with van der Waals surface area (Å²) in [6.45, 7) is 0. The SMILES string of the molecule is O=C(CSc1nnc2ccc3ccccc3n12)Nc1ccccc1F. The molecule has 0 aliphatic heterocycles. The molecule has 1 amide bonds. The first kappa shape index (κ1) is 15.6. The number of hydrogen-bond donors (Lipinski definition) is 1. The number of nitrogens with zero attached hydrogens (tertiary/aromatic N) is 3. The smallest absolute Gasteiger partial charge is 0.234 e. The van der Waals surface area contributed by atoms with Crippen molar-refractivity contribution in [3.63, 3.8) is 0 Å². The Morgan fingerprint density at radius 1 is 1.04 bits per heavy atom. The van der Waals surface area contributed by atoms with Crippen molar-refractivity contribution in [1.82, 2.24) is 14.6 Å². The third kappa shape index (κ3) is 3.06. The lowest BCUT2D eigenvalue weighted by molar-refractivity contribution is -0.113. The van der Waals surface area contributed by atoms with Gasteiger partial charge in [-0.1, -0.05) is 42.1 Å². The molecule has 124 valence electrons. The highest BCUT2D eigenvalue weighted by atomic mass is 32.2. The Morgan fingerprint density at radius 3 is 2.72 bits per heavy atom. The van der Waals surface area contributed by atoms with Crippen LogP contribution in [0.1, 0.15) is 0 Å². The average Bonchev–Trinajstić information content (AvgIpc) is 3.05. The van der Waals surface area contributed by atoms with Gasteiger partial charge in [-0.15, -0.1) is 10.2 Å². The molecule has 0 bridgehead atoms. The van der Waals surface area contributed by atoms with Gasteiger partial charge in [-0.25, -0.2) is 4.39 Å². The molecule has 2 aromatic heterocycles. The lowest BCUT2D eigenvalue weighted by atomic mass is 10.2. The van der Waals surface area contributed by atoms with Crippen molar-refractivity contribution in [2.24, 2.45) is 0 Å². The van der Waals surface area contributed by atoms with Gasteiger partial charge in [-0.2, -0.15) is 0 Å². The van der Waals surface area contributed by atoms with Crippen LogP contribution in [0.5, 0.6) is 0 Å². The van der Waals surface area contributed by atoms with Crippen LogP contribution in [0.4, 0.5) is 10.1 Å². The van der Waals surface area contributed by atoms with E-state index < -0.39 is 5.82 Å². The number of aromatic nitrogens is 3. The topological polar surface area (TPSA) is 59.3 Å². The number of anilines is 1. The summed E-state index contributed by atoms with van der Waals surface area (Å²) in [5.74, 6) is -0.648. The molecular weight excluding hydrogens is 339 g/mol. The van der Waals surface area contributed by atoms with Crippen molar-refractivity contribution in [2.45, 2.75) is 5.16 Å². The van der Waals surface area contributed by atoms with Gasteiger partial charge in [0.25, 0.3) is 0 Å². The molecule has 7 heteroatoms. The van der Waals surface area contributed by atoms with E-state index in [0.29, 0.717) is 5.16 Å². The number of amides is 1. The number of hydrogen-bond acceptors (Lipinski definition) is 4. The van der Waals surface area contributed by atoms with Crippen molar-refractivity contribution < 1.29 is 9.18 Å². The zero-order chi connectivity index (χ0) is 17.2. The Balaban J connectivity index is 1.56. The molecule has 2 heterocycles. The molecule has 0 fully saturated rings. The third-order valence-corrected chi connectivity index (χ3v) is 4.66. The van der Waals surface area contributed by atoms with Gasteiger partial charge in [-0.3, -0.25) is 9.20 Å². The minimum absolute atomic E-state index is 0.109. The van der Waals surface area contributed by atoms with E-state index in [4.69, 9.17) is 0 Å². The first-order valence-corrected chi connectivity index (χ1v) is 8.61. The van der Waals surface area contributed by atoms with E-state index in [1.807, 2.05) is 40.8 Å². The zero-order valence-corrected chi connectivity index (χ0v) is 13.8. The molecule has 4 aromatic rings. The van der Waals surface area contributed by atoms with Gasteiger partial charge in [0.15, 0.2) is 10.8 Å². The maximum atomic E-state index is 13.6. The molecular formula is C18H13FN4OS. The predicted octanol–water partition coefficient (Wildman–Crippen LogP) is 3.75. The maximum Gasteiger partial charge on any atom is 0.234 e. The van der Waals surface area contributed by atoms with Crippen molar-refractivity contribution in [1.29, 1.82) is 0 Å². The molecule has 0 aliphatic rings. The van der Waals surface area contributed by atoms with E-state index in [-0.39, 0.29) is 17.3 Å². The van der Waals surface area contributed by atoms with Crippen molar-refractivity contribution in [3.8, 4) is 0 Å². The van der Waals surface area contributed by atoms with Crippen LogP contribution in [0.25, 0.3) is 16.6 Å². The minimum Gasteiger partial charge on any atom is -0.323 e. The predicted molar refractivity (Wildman–Crippen MR) is 96.2 cm³/mol. The highest BCUT2D eigenvalue weighted by Crippen LogP contribution is 2.23. The number of fused-ring (bicyclic) bond motifs is 3. The summed E-state index contributed by atoms with van der Waals surface area (Å²) in [7, 11) is 0. The highest BCUT2D eigenvalue weighted by Gasteiger charge is 2.12. The molecule has 25 heavy (non-hydrogen) atoms. The van der Waals surface area contributed by atoms with Gasteiger partial charge in [0.2, 0.25) is 5.91 Å². The van der Waals surface area contributed by atoms with Gasteiger partial charge in [0.1, 0.15) is 5.82 Å². The summed E-state index contributed by atoms with van der Waals surface area (Å²) in [6.07, 6.45) is 0. The van der Waals surface area contributed by atoms with E-state index >= 15 is 0 Å². The second-order valence-electron chi connectivity index (χ2n) is 5.39. The number of halogens is 1. The van der Waals surface area contributed by atoms with Crippen LogP contribution in [0, 0.1) is 5.82 Å². The number of para-hydroxylation sites is 2. The van der Waals surface area contributed by atoms with Crippen LogP contribution in [-0.4, -0.2) is 26.3 Å². The molecule has 1 N–H and O–H groups in total. The standard InChI is InChI=1S/C18H13FN4OS/c19-13-6-2-3-7-14(13)20-17(24)11-25-18-22-21-16-10-9-12-5-1-4-8-15(12)23(16)18/h1-10H,11H2,(H,20,24). The van der Waals surface area contributed by atoms with E-state index in [1.54, 1.807) is 12.1 Å². The quantitative estimate of drug-likeness (QED) is 0.568. The summed E-state index contributed by atoms with van der Waals surface area (Å²) in [5, 5.41) is 12.6. The number of nitrogens with one attached hydrogen (secondary N) is 1. The number of pyridine rings is 1. The van der Waals surface area contributed by atoms with E-state index in [2.05, 4.69) is 15.5 Å². The van der Waals surface area contributed by atoms with E-state index in [0.717, 1.165) is 16.6 Å². The Kier molecular flexibility index (Phi) is 4.07. The minimum atomic E-state index is -0.459. The molecule has 0 saturated carbocycles. The van der Waals surface area contributed by atoms with Crippen LogP contribution < -0.4 is 5.32 Å². The Labute approximate surface area is 146 Å². The van der Waals surface area contributed by atoms with E-state index in [1.165, 1.54) is 23.9 Å². The van der Waals surface area contributed by atoms with Crippen LogP contribution in [0.2, 0.25) is 0 Å². The van der Waals surface area contributed by atoms with Crippen LogP contribution in [-0.2, 0) is 4.79 Å². The largest absolute Gasteiger partial charge is 0.323 e. The normalized spacial score (nSPS) is 11.1. The van der Waals surface area contributed by atoms with Crippen LogP contribution in [0.15, 0.2) is 65.8 Å². The molecule has 0 unspecified atom stereocenters. The fraction of sp³-hybridized carbons (Fsp3) is 0.0556. The van der Waals surface area contributed by atoms with Gasteiger partial charge in [0, 0.05) is 0 Å². The van der Waals surface area contributed by atoms with Crippen molar-refractivity contribution in [2.75, 3.05) is 11.1 Å². The number of thioether (sulfide) groups is 1. The fourth-order valence-electron chi connectivity index (χ4n) is 2.58. The van der Waals surface area contributed by atoms with Crippen molar-refractivity contribution in [3.05, 3.63) is 66.5 Å². The Bertz CT molecular complexity index is 1080. The third-order valence-electron chi connectivity index (χ3n) is 3.73. The molecule has 0 atom stereocenters. The van der Waals surface area contributed by atoms with Gasteiger partial charge in [-0.05, 0) is 35.7 Å². The lowest BCUT2D eigenvalue weighted by Gasteiger charge is -2.06. The Hall–Kier alpha value is -2.93. The van der Waals surface area contributed by atoms with Gasteiger partial charge < -0.3 is 5.32 Å². The average molecular weight is 352 g/mol. The summed E-state index contributed by atoms with van der Waals surface area (Å²) < 4.78 is 15.5. The summed E-state index contributed by atoms with van der Waals surface area (Å²) >= 11 is 1.26. The molecule has 2 aromatic carbocycles. The second-order valence-corrected chi connectivity index (χ2v) is 6.33. The molecule has 0 spiro atoms. The Morgan fingerprint density at radius 2 is 1.84 bits per heavy atom. The highest BCUT2D eigenvalue weighted by molar-refractivity contribution is 7.99. The summed E-state index contributed by atoms with van der Waals surface area (Å²) in [4.78, 5) is 12.1. The number of carbonyl (C=O) groups excluding carboxylic acids is 1. The van der Waals surface area contributed by atoms with Gasteiger partial charge in [0.05, 0.1) is 17.0 Å². The summed E-state index contributed by atoms with van der Waals surface area (Å²) in [6, 6.07) is 17.9. The van der Waals surface area contributed by atoms with Crippen molar-refractivity contribution >= 4 is 39.9 Å². The molecule has 0 aliphatic carbocycles. The molecule has 5 nitrogen and oxygen atoms in total. The second kappa shape index (κ2) is 6.52. The number of benzene rings is 2. The lowest BCUT2D eigenvalue weighted by Crippen LogP contribution is -2.15. The van der Waals surface area contributed by atoms with Crippen LogP contribution >= 0.6 is 11.8 Å². The maximum absolute atomic E-state index is 13.6. The zero-order valence-electron chi connectivity index (χ0n) is 13.0. The fourth-order valence-corrected chi connectivity index (χ4v) is 3.34. The van der Waals surface area contributed by atoms with E-state index in [9.17, 15) is 9.18 Å². The molecule has 4 rings (SSSR count). The van der Waals surface area contributed by atoms with Gasteiger partial charge >= 0.3 is 0 Å². The first-order valence-electron chi connectivity index (χ1n) is 7.62. The van der Waals surface area contributed by atoms with Crippen LogP contribution in [0.3, 0.4) is 0 Å².